The lowest BCUT2D eigenvalue weighted by molar-refractivity contribution is -0.137. The zero-order valence-corrected chi connectivity index (χ0v) is 19.0. The maximum absolute atomic E-state index is 13.5. The van der Waals surface area contributed by atoms with Crippen LogP contribution in [0.25, 0.3) is 11.3 Å². The third-order valence-electron chi connectivity index (χ3n) is 7.81. The molecule has 0 unspecified atom stereocenters. The molecule has 5 fully saturated rings. The molecule has 0 radical (unpaired) electrons. The Morgan fingerprint density at radius 1 is 1.03 bits per heavy atom. The Hall–Kier alpha value is -2.66. The lowest BCUT2D eigenvalue weighted by atomic mass is 9.86. The van der Waals surface area contributed by atoms with Gasteiger partial charge in [-0.25, -0.2) is 9.97 Å². The van der Waals surface area contributed by atoms with E-state index >= 15 is 0 Å². The molecule has 2 aromatic rings. The van der Waals surface area contributed by atoms with Gasteiger partial charge in [0.2, 0.25) is 5.95 Å². The highest BCUT2D eigenvalue weighted by molar-refractivity contribution is 5.68. The van der Waals surface area contributed by atoms with E-state index in [0.29, 0.717) is 47.9 Å². The first-order chi connectivity index (χ1) is 16.3. The number of likely N-dealkylation sites (tertiary alicyclic amines) is 1. The van der Waals surface area contributed by atoms with Crippen molar-refractivity contribution in [3.63, 3.8) is 0 Å². The van der Waals surface area contributed by atoms with Crippen molar-refractivity contribution >= 4 is 17.6 Å². The first-order valence-electron chi connectivity index (χ1n) is 11.8. The molecule has 2 N–H and O–H groups in total. The third kappa shape index (κ3) is 3.65. The molecule has 5 aliphatic rings. The quantitative estimate of drug-likeness (QED) is 0.683. The number of nitrogens with zero attached hydrogens (tertiary/aromatic N) is 6. The summed E-state index contributed by atoms with van der Waals surface area (Å²) < 4.78 is 45.7. The van der Waals surface area contributed by atoms with Crippen LogP contribution in [0.1, 0.15) is 24.8 Å². The molecule has 8 nitrogen and oxygen atoms in total. The monoisotopic (exact) mass is 475 g/mol. The minimum Gasteiger partial charge on any atom is -0.383 e. The number of piperazine rings is 1. The van der Waals surface area contributed by atoms with Crippen molar-refractivity contribution < 1.29 is 17.9 Å². The Labute approximate surface area is 195 Å². The van der Waals surface area contributed by atoms with Crippen LogP contribution in [-0.2, 0) is 10.9 Å². The second kappa shape index (κ2) is 7.94. The van der Waals surface area contributed by atoms with E-state index in [4.69, 9.17) is 20.4 Å². The molecule has 6 heterocycles. The number of pyridine rings is 1. The topological polar surface area (TPSA) is 83.6 Å². The van der Waals surface area contributed by atoms with Gasteiger partial charge < -0.3 is 20.3 Å². The highest BCUT2D eigenvalue weighted by Gasteiger charge is 2.46. The molecule has 0 amide bonds. The van der Waals surface area contributed by atoms with Crippen molar-refractivity contribution in [3.05, 3.63) is 23.9 Å². The van der Waals surface area contributed by atoms with Crippen LogP contribution in [0.15, 0.2) is 18.3 Å². The summed E-state index contributed by atoms with van der Waals surface area (Å²) in [5, 5.41) is 0. The van der Waals surface area contributed by atoms with Gasteiger partial charge in [-0.05, 0) is 31.2 Å². The molecule has 0 spiro atoms. The van der Waals surface area contributed by atoms with Crippen molar-refractivity contribution in [1.82, 2.24) is 19.9 Å². The molecule has 1 saturated carbocycles. The van der Waals surface area contributed by atoms with Crippen molar-refractivity contribution in [3.8, 4) is 11.3 Å². The van der Waals surface area contributed by atoms with Gasteiger partial charge in [-0.2, -0.15) is 18.2 Å². The van der Waals surface area contributed by atoms with Crippen molar-refractivity contribution in [1.29, 1.82) is 0 Å². The van der Waals surface area contributed by atoms with E-state index in [-0.39, 0.29) is 0 Å². The van der Waals surface area contributed by atoms with E-state index in [1.165, 1.54) is 6.20 Å². The van der Waals surface area contributed by atoms with Crippen molar-refractivity contribution in [2.24, 2.45) is 5.92 Å². The normalized spacial score (nSPS) is 28.1. The van der Waals surface area contributed by atoms with Crippen molar-refractivity contribution in [2.75, 3.05) is 55.4 Å². The summed E-state index contributed by atoms with van der Waals surface area (Å²) in [6.45, 7) is 4.27. The molecule has 2 atom stereocenters. The van der Waals surface area contributed by atoms with Crippen LogP contribution in [0.4, 0.5) is 30.8 Å². The molecule has 4 bridgehead atoms. The Balaban J connectivity index is 1.36. The van der Waals surface area contributed by atoms with Gasteiger partial charge in [0, 0.05) is 69.2 Å². The highest BCUT2D eigenvalue weighted by Crippen LogP contribution is 2.44. The molecule has 2 aromatic heterocycles. The molecule has 34 heavy (non-hydrogen) atoms. The number of rotatable bonds is 6. The fourth-order valence-electron chi connectivity index (χ4n) is 5.98. The molecular weight excluding hydrogens is 447 g/mol. The first kappa shape index (κ1) is 21.8. The number of hydrogen-bond acceptors (Lipinski definition) is 8. The van der Waals surface area contributed by atoms with Gasteiger partial charge in [0.15, 0.2) is 0 Å². The zero-order chi connectivity index (χ0) is 23.6. The molecule has 4 aliphatic heterocycles. The van der Waals surface area contributed by atoms with Crippen LogP contribution in [0, 0.1) is 5.92 Å². The summed E-state index contributed by atoms with van der Waals surface area (Å²) in [6.07, 6.45) is 0.101. The summed E-state index contributed by atoms with van der Waals surface area (Å²) in [4.78, 5) is 20.4. The number of hydrogen-bond donors (Lipinski definition) is 1. The first-order valence-corrected chi connectivity index (χ1v) is 11.8. The molecule has 182 valence electrons. The van der Waals surface area contributed by atoms with Crippen molar-refractivity contribution in [2.45, 2.75) is 43.6 Å². The number of nitrogens with two attached hydrogens (primary N) is 1. The molecular formula is C23H28F3N7O. The van der Waals surface area contributed by atoms with Gasteiger partial charge >= 0.3 is 6.18 Å². The Bertz CT molecular complexity index is 1090. The second-order valence-corrected chi connectivity index (χ2v) is 9.89. The smallest absolute Gasteiger partial charge is 0.383 e. The SMILES string of the molecule is COCCN1C[C@@H]2C[C@H]1CN2c1cc(-c2cnc(N)c(C(F)(F)F)c2)nc(N2CC3CC2C3)n1. The average Bonchev–Trinajstić information content (AvgIpc) is 3.56. The van der Waals surface area contributed by atoms with Crippen LogP contribution in [0.3, 0.4) is 0 Å². The maximum atomic E-state index is 13.5. The zero-order valence-electron chi connectivity index (χ0n) is 19.0. The summed E-state index contributed by atoms with van der Waals surface area (Å²) >= 11 is 0. The number of methoxy groups -OCH3 is 1. The van der Waals surface area contributed by atoms with E-state index < -0.39 is 17.6 Å². The van der Waals surface area contributed by atoms with E-state index in [1.54, 1.807) is 13.2 Å². The number of fused-ring (bicyclic) bond motifs is 3. The molecule has 1 aliphatic carbocycles. The lowest BCUT2D eigenvalue weighted by Gasteiger charge is -2.35. The number of anilines is 3. The Morgan fingerprint density at radius 2 is 1.85 bits per heavy atom. The van der Waals surface area contributed by atoms with E-state index in [0.717, 1.165) is 57.3 Å². The van der Waals surface area contributed by atoms with Gasteiger partial charge in [-0.1, -0.05) is 0 Å². The number of nitrogen functional groups attached to an aromatic ring is 1. The largest absolute Gasteiger partial charge is 0.419 e. The van der Waals surface area contributed by atoms with Crippen LogP contribution in [-0.4, -0.2) is 77.9 Å². The maximum Gasteiger partial charge on any atom is 0.419 e. The number of aromatic nitrogens is 3. The fourth-order valence-corrected chi connectivity index (χ4v) is 5.98. The lowest BCUT2D eigenvalue weighted by Crippen LogP contribution is -2.47. The fraction of sp³-hybridized carbons (Fsp3) is 0.609. The summed E-state index contributed by atoms with van der Waals surface area (Å²) in [6, 6.07) is 4.02. The van der Waals surface area contributed by atoms with Crippen LogP contribution in [0.2, 0.25) is 0 Å². The second-order valence-electron chi connectivity index (χ2n) is 9.89. The number of halogens is 3. The van der Waals surface area contributed by atoms with Crippen LogP contribution < -0.4 is 15.5 Å². The van der Waals surface area contributed by atoms with Crippen LogP contribution >= 0.6 is 0 Å². The predicted octanol–water partition coefficient (Wildman–Crippen LogP) is 2.65. The highest BCUT2D eigenvalue weighted by atomic mass is 19.4. The van der Waals surface area contributed by atoms with Crippen LogP contribution in [0.5, 0.6) is 0 Å². The molecule has 7 rings (SSSR count). The van der Waals surface area contributed by atoms with Gasteiger partial charge in [0.25, 0.3) is 0 Å². The summed E-state index contributed by atoms with van der Waals surface area (Å²) in [5.74, 6) is 1.50. The molecule has 0 aromatic carbocycles. The van der Waals surface area contributed by atoms with Gasteiger partial charge in [-0.15, -0.1) is 0 Å². The van der Waals surface area contributed by atoms with Gasteiger partial charge in [0.1, 0.15) is 11.6 Å². The third-order valence-corrected chi connectivity index (χ3v) is 7.81. The molecule has 11 heteroatoms. The summed E-state index contributed by atoms with van der Waals surface area (Å²) in [7, 11) is 1.71. The Kier molecular flexibility index (Phi) is 5.10. The van der Waals surface area contributed by atoms with Gasteiger partial charge in [0.05, 0.1) is 17.9 Å². The van der Waals surface area contributed by atoms with E-state index in [2.05, 4.69) is 19.7 Å². The standard InChI is InChI=1S/C23H28F3N7O/c1-34-3-2-31-11-17-7-16(31)12-32(17)20-8-19(14-6-18(23(24,25)26)21(27)28-9-14)29-22(30-20)33-10-13-4-15(33)5-13/h6,8-9,13,15-17H,2-5,7,10-12H2,1H3,(H2,27,28)/t13?,15?,16-,17-/m0/s1. The average molecular weight is 476 g/mol. The van der Waals surface area contributed by atoms with Gasteiger partial charge in [-0.3, -0.25) is 4.90 Å². The number of ether oxygens (including phenoxy) is 1. The Morgan fingerprint density at radius 3 is 2.50 bits per heavy atom. The molecule has 4 saturated heterocycles. The summed E-state index contributed by atoms with van der Waals surface area (Å²) in [5.41, 5.74) is 5.33. The minimum absolute atomic E-state index is 0.295. The predicted molar refractivity (Wildman–Crippen MR) is 122 cm³/mol. The van der Waals surface area contributed by atoms with E-state index in [1.807, 2.05) is 0 Å². The number of alkyl halides is 3. The minimum atomic E-state index is -4.58. The van der Waals surface area contributed by atoms with E-state index in [9.17, 15) is 13.2 Å².